The molecule has 1 fully saturated rings. The molecule has 3 nitrogen and oxygen atoms in total. The molecule has 2 aromatic rings. The fraction of sp³-hybridized carbons (Fsp3) is 0.471. The minimum atomic E-state index is 0.135. The maximum Gasteiger partial charge on any atom is 0.0705 e. The second-order valence-corrected chi connectivity index (χ2v) is 5.63. The number of rotatable bonds is 4. The van der Waals surface area contributed by atoms with E-state index in [-0.39, 0.29) is 6.04 Å². The van der Waals surface area contributed by atoms with Crippen LogP contribution < -0.4 is 5.73 Å². The summed E-state index contributed by atoms with van der Waals surface area (Å²) >= 11 is 0. The Labute approximate surface area is 120 Å². The summed E-state index contributed by atoms with van der Waals surface area (Å²) in [5.74, 6) is 0.466. The van der Waals surface area contributed by atoms with E-state index < -0.39 is 0 Å². The predicted molar refractivity (Wildman–Crippen MR) is 81.6 cm³/mol. The van der Waals surface area contributed by atoms with Crippen molar-refractivity contribution in [1.29, 1.82) is 0 Å². The van der Waals surface area contributed by atoms with Gasteiger partial charge in [-0.15, -0.1) is 0 Å². The third kappa shape index (κ3) is 2.69. The molecule has 3 unspecified atom stereocenters. The van der Waals surface area contributed by atoms with Crippen LogP contribution in [0.15, 0.2) is 36.4 Å². The molecule has 1 aliphatic heterocycles. The van der Waals surface area contributed by atoms with E-state index in [1.165, 1.54) is 5.39 Å². The zero-order valence-corrected chi connectivity index (χ0v) is 12.0. The van der Waals surface area contributed by atoms with Crippen molar-refractivity contribution in [2.45, 2.75) is 38.3 Å². The smallest absolute Gasteiger partial charge is 0.0705 e. The van der Waals surface area contributed by atoms with Gasteiger partial charge < -0.3 is 10.5 Å². The molecule has 0 amide bonds. The van der Waals surface area contributed by atoms with E-state index >= 15 is 0 Å². The number of pyridine rings is 1. The number of para-hydroxylation sites is 1. The monoisotopic (exact) mass is 270 g/mol. The van der Waals surface area contributed by atoms with Crippen LogP contribution in [0.5, 0.6) is 0 Å². The molecule has 1 aromatic heterocycles. The highest BCUT2D eigenvalue weighted by Crippen LogP contribution is 2.27. The summed E-state index contributed by atoms with van der Waals surface area (Å²) in [4.78, 5) is 4.72. The second kappa shape index (κ2) is 5.90. The van der Waals surface area contributed by atoms with Gasteiger partial charge in [-0.05, 0) is 25.0 Å². The highest BCUT2D eigenvalue weighted by molar-refractivity contribution is 5.78. The van der Waals surface area contributed by atoms with Crippen molar-refractivity contribution in [3.05, 3.63) is 42.1 Å². The molecule has 3 heteroatoms. The van der Waals surface area contributed by atoms with Crippen molar-refractivity contribution < 1.29 is 4.74 Å². The van der Waals surface area contributed by atoms with Crippen LogP contribution in [0.1, 0.15) is 25.5 Å². The van der Waals surface area contributed by atoms with Crippen molar-refractivity contribution in [2.24, 2.45) is 11.7 Å². The Balaban J connectivity index is 1.75. The van der Waals surface area contributed by atoms with Gasteiger partial charge >= 0.3 is 0 Å². The van der Waals surface area contributed by atoms with E-state index in [1.807, 2.05) is 12.1 Å². The number of hydrogen-bond acceptors (Lipinski definition) is 3. The molecule has 3 rings (SSSR count). The third-order valence-electron chi connectivity index (χ3n) is 4.31. The molecule has 0 spiro atoms. The summed E-state index contributed by atoms with van der Waals surface area (Å²) < 4.78 is 5.74. The molecule has 3 atom stereocenters. The van der Waals surface area contributed by atoms with E-state index in [9.17, 15) is 0 Å². The number of fused-ring (bicyclic) bond motifs is 1. The van der Waals surface area contributed by atoms with Crippen LogP contribution in [0, 0.1) is 5.92 Å². The Kier molecular flexibility index (Phi) is 3.99. The zero-order valence-electron chi connectivity index (χ0n) is 12.0. The first kappa shape index (κ1) is 13.5. The summed E-state index contributed by atoms with van der Waals surface area (Å²) in [7, 11) is 0. The van der Waals surface area contributed by atoms with Gasteiger partial charge in [-0.1, -0.05) is 31.2 Å². The number of hydrogen-bond donors (Lipinski definition) is 1. The summed E-state index contributed by atoms with van der Waals surface area (Å²) in [5, 5.41) is 1.18. The Hall–Kier alpha value is -1.45. The SMILES string of the molecule is CCC1OCCC1C(N)Cc1ccc2ccccc2n1. The lowest BCUT2D eigenvalue weighted by molar-refractivity contribution is 0.0813. The van der Waals surface area contributed by atoms with Gasteiger partial charge in [-0.2, -0.15) is 0 Å². The molecule has 106 valence electrons. The number of ether oxygens (including phenoxy) is 1. The van der Waals surface area contributed by atoms with Crippen molar-refractivity contribution in [2.75, 3.05) is 6.61 Å². The van der Waals surface area contributed by atoms with Gasteiger partial charge in [0.25, 0.3) is 0 Å². The third-order valence-corrected chi connectivity index (χ3v) is 4.31. The molecule has 2 heterocycles. The molecule has 20 heavy (non-hydrogen) atoms. The molecular formula is C17H22N2O. The Morgan fingerprint density at radius 3 is 3.00 bits per heavy atom. The Morgan fingerprint density at radius 2 is 2.15 bits per heavy atom. The molecule has 1 aliphatic rings. The van der Waals surface area contributed by atoms with Crippen molar-refractivity contribution >= 4 is 10.9 Å². The first-order valence-corrected chi connectivity index (χ1v) is 7.50. The first-order chi connectivity index (χ1) is 9.78. The molecule has 0 radical (unpaired) electrons. The highest BCUT2D eigenvalue weighted by Gasteiger charge is 2.31. The fourth-order valence-corrected chi connectivity index (χ4v) is 3.19. The van der Waals surface area contributed by atoms with Gasteiger partial charge in [0.05, 0.1) is 11.6 Å². The number of nitrogens with two attached hydrogens (primary N) is 1. The Bertz CT molecular complexity index is 584. The maximum absolute atomic E-state index is 6.40. The van der Waals surface area contributed by atoms with Gasteiger partial charge in [0.15, 0.2) is 0 Å². The van der Waals surface area contributed by atoms with Crippen LogP contribution in [0.3, 0.4) is 0 Å². The van der Waals surface area contributed by atoms with Crippen molar-refractivity contribution in [3.8, 4) is 0 Å². The zero-order chi connectivity index (χ0) is 13.9. The minimum Gasteiger partial charge on any atom is -0.378 e. The standard InChI is InChI=1S/C17H22N2O/c1-2-17-14(9-10-20-17)15(18)11-13-8-7-12-5-3-4-6-16(12)19-13/h3-8,14-15,17H,2,9-11,18H2,1H3. The molecule has 1 saturated heterocycles. The molecule has 0 aliphatic carbocycles. The number of aromatic nitrogens is 1. The van der Waals surface area contributed by atoms with Gasteiger partial charge in [0.1, 0.15) is 0 Å². The van der Waals surface area contributed by atoms with E-state index in [0.717, 1.165) is 37.1 Å². The highest BCUT2D eigenvalue weighted by atomic mass is 16.5. The summed E-state index contributed by atoms with van der Waals surface area (Å²) in [6, 6.07) is 12.6. The molecule has 1 aromatic carbocycles. The first-order valence-electron chi connectivity index (χ1n) is 7.50. The van der Waals surface area contributed by atoms with Gasteiger partial charge in [-0.3, -0.25) is 4.98 Å². The number of benzene rings is 1. The fourth-order valence-electron chi connectivity index (χ4n) is 3.19. The van der Waals surface area contributed by atoms with Crippen molar-refractivity contribution in [3.63, 3.8) is 0 Å². The molecule has 0 bridgehead atoms. The van der Waals surface area contributed by atoms with Crippen LogP contribution in [0.25, 0.3) is 10.9 Å². The Morgan fingerprint density at radius 1 is 1.30 bits per heavy atom. The summed E-state index contributed by atoms with van der Waals surface area (Å²) in [6.07, 6.45) is 3.28. The topological polar surface area (TPSA) is 48.1 Å². The summed E-state index contributed by atoms with van der Waals surface area (Å²) in [5.41, 5.74) is 8.53. The lowest BCUT2D eigenvalue weighted by Gasteiger charge is -2.23. The average Bonchev–Trinajstić information content (AvgIpc) is 2.95. The van der Waals surface area contributed by atoms with Gasteiger partial charge in [0, 0.05) is 36.1 Å². The van der Waals surface area contributed by atoms with E-state index in [0.29, 0.717) is 12.0 Å². The summed E-state index contributed by atoms with van der Waals surface area (Å²) in [6.45, 7) is 3.02. The van der Waals surface area contributed by atoms with Crippen LogP contribution in [-0.4, -0.2) is 23.7 Å². The van der Waals surface area contributed by atoms with Crippen LogP contribution >= 0.6 is 0 Å². The van der Waals surface area contributed by atoms with Gasteiger partial charge in [0.2, 0.25) is 0 Å². The molecular weight excluding hydrogens is 248 g/mol. The minimum absolute atomic E-state index is 0.135. The van der Waals surface area contributed by atoms with Crippen LogP contribution in [0.2, 0.25) is 0 Å². The van der Waals surface area contributed by atoms with E-state index in [4.69, 9.17) is 15.5 Å². The van der Waals surface area contributed by atoms with Crippen molar-refractivity contribution in [1.82, 2.24) is 4.98 Å². The lowest BCUT2D eigenvalue weighted by Crippen LogP contribution is -2.37. The van der Waals surface area contributed by atoms with Gasteiger partial charge in [-0.25, -0.2) is 0 Å². The van der Waals surface area contributed by atoms with Crippen LogP contribution in [-0.2, 0) is 11.2 Å². The quantitative estimate of drug-likeness (QED) is 0.929. The molecule has 2 N–H and O–H groups in total. The lowest BCUT2D eigenvalue weighted by atomic mass is 9.89. The normalized spacial score (nSPS) is 24.1. The van der Waals surface area contributed by atoms with Crippen LogP contribution in [0.4, 0.5) is 0 Å². The second-order valence-electron chi connectivity index (χ2n) is 5.63. The largest absolute Gasteiger partial charge is 0.378 e. The van der Waals surface area contributed by atoms with E-state index in [2.05, 4.69) is 31.2 Å². The maximum atomic E-state index is 6.40. The molecule has 0 saturated carbocycles. The van der Waals surface area contributed by atoms with E-state index in [1.54, 1.807) is 0 Å². The average molecular weight is 270 g/mol. The predicted octanol–water partition coefficient (Wildman–Crippen LogP) is 2.92. The number of nitrogens with zero attached hydrogens (tertiary/aromatic N) is 1.